The Balaban J connectivity index is 1.75. The number of ketones is 1. The summed E-state index contributed by atoms with van der Waals surface area (Å²) in [5.74, 6) is 0.00868. The zero-order chi connectivity index (χ0) is 14.7. The molecule has 3 nitrogen and oxygen atoms in total. The van der Waals surface area contributed by atoms with Gasteiger partial charge in [0.2, 0.25) is 0 Å². The third kappa shape index (κ3) is 3.20. The van der Waals surface area contributed by atoms with Gasteiger partial charge < -0.3 is 0 Å². The monoisotopic (exact) mass is 296 g/mol. The van der Waals surface area contributed by atoms with Gasteiger partial charge in [-0.1, -0.05) is 41.9 Å². The third-order valence-corrected chi connectivity index (χ3v) is 3.46. The average molecular weight is 297 g/mol. The number of carbonyl (C=O) groups excluding carboxylic acids is 1. The molecule has 4 heteroatoms. The Morgan fingerprint density at radius 1 is 1.00 bits per heavy atom. The van der Waals surface area contributed by atoms with Crippen molar-refractivity contribution in [3.63, 3.8) is 0 Å². The maximum Gasteiger partial charge on any atom is 0.184 e. The van der Waals surface area contributed by atoms with Gasteiger partial charge in [0, 0.05) is 22.3 Å². The molecule has 0 aliphatic carbocycles. The maximum absolute atomic E-state index is 12.2. The molecule has 0 aliphatic rings. The Kier molecular flexibility index (Phi) is 3.84. The highest BCUT2D eigenvalue weighted by molar-refractivity contribution is 6.30. The van der Waals surface area contributed by atoms with E-state index < -0.39 is 0 Å². The fraction of sp³-hybridized carbons (Fsp3) is 0.0588. The molecular weight excluding hydrogens is 284 g/mol. The van der Waals surface area contributed by atoms with Crippen LogP contribution in [-0.2, 0) is 6.54 Å². The molecule has 0 saturated carbocycles. The molecule has 0 bridgehead atoms. The number of Topliss-reactive ketones (excluding diaryl/α,β-unsaturated/α-hetero) is 1. The van der Waals surface area contributed by atoms with Gasteiger partial charge in [-0.2, -0.15) is 5.10 Å². The first-order chi connectivity index (χ1) is 10.2. The normalized spacial score (nSPS) is 10.5. The van der Waals surface area contributed by atoms with Gasteiger partial charge in [-0.25, -0.2) is 0 Å². The van der Waals surface area contributed by atoms with Crippen molar-refractivity contribution in [2.24, 2.45) is 0 Å². The van der Waals surface area contributed by atoms with Crippen molar-refractivity contribution in [2.45, 2.75) is 6.54 Å². The third-order valence-electron chi connectivity index (χ3n) is 3.21. The van der Waals surface area contributed by atoms with E-state index in [4.69, 9.17) is 11.6 Å². The molecule has 0 aliphatic heterocycles. The summed E-state index contributed by atoms with van der Waals surface area (Å²) in [4.78, 5) is 12.2. The van der Waals surface area contributed by atoms with Gasteiger partial charge in [-0.15, -0.1) is 0 Å². The summed E-state index contributed by atoms with van der Waals surface area (Å²) in [6, 6.07) is 16.8. The second kappa shape index (κ2) is 5.94. The molecule has 2 aromatic carbocycles. The smallest absolute Gasteiger partial charge is 0.184 e. The standard InChI is InChI=1S/C17H13ClN2O/c18-16-8-6-14(7-9-16)17(21)12-20-11-15(10-19-20)13-4-2-1-3-5-13/h1-11H,12H2. The zero-order valence-electron chi connectivity index (χ0n) is 11.2. The number of nitrogens with zero attached hydrogens (tertiary/aromatic N) is 2. The molecule has 0 spiro atoms. The summed E-state index contributed by atoms with van der Waals surface area (Å²) in [5.41, 5.74) is 2.72. The van der Waals surface area contributed by atoms with Crippen LogP contribution in [0.4, 0.5) is 0 Å². The fourth-order valence-corrected chi connectivity index (χ4v) is 2.23. The maximum atomic E-state index is 12.2. The second-order valence-electron chi connectivity index (χ2n) is 4.72. The Bertz CT molecular complexity index is 748. The molecule has 0 unspecified atom stereocenters. The largest absolute Gasteiger partial charge is 0.292 e. The molecule has 0 N–H and O–H groups in total. The summed E-state index contributed by atoms with van der Waals surface area (Å²) in [6.45, 7) is 0.217. The highest BCUT2D eigenvalue weighted by Crippen LogP contribution is 2.18. The molecule has 1 aromatic heterocycles. The Labute approximate surface area is 127 Å². The van der Waals surface area contributed by atoms with Crippen molar-refractivity contribution in [3.8, 4) is 11.1 Å². The molecule has 0 saturated heterocycles. The Morgan fingerprint density at radius 2 is 1.71 bits per heavy atom. The molecule has 3 rings (SSSR count). The van der Waals surface area contributed by atoms with Crippen molar-refractivity contribution in [1.29, 1.82) is 0 Å². The van der Waals surface area contributed by atoms with Crippen molar-refractivity contribution in [2.75, 3.05) is 0 Å². The molecule has 0 amide bonds. The van der Waals surface area contributed by atoms with E-state index >= 15 is 0 Å². The highest BCUT2D eigenvalue weighted by Gasteiger charge is 2.08. The molecule has 0 atom stereocenters. The van der Waals surface area contributed by atoms with E-state index in [9.17, 15) is 4.79 Å². The molecule has 0 fully saturated rings. The van der Waals surface area contributed by atoms with Crippen LogP contribution in [-0.4, -0.2) is 15.6 Å². The average Bonchev–Trinajstić information content (AvgIpc) is 2.97. The van der Waals surface area contributed by atoms with Crippen LogP contribution in [0, 0.1) is 0 Å². The minimum Gasteiger partial charge on any atom is -0.292 e. The molecule has 1 heterocycles. The van der Waals surface area contributed by atoms with Gasteiger partial charge in [0.05, 0.1) is 6.20 Å². The van der Waals surface area contributed by atoms with Crippen LogP contribution < -0.4 is 0 Å². The van der Waals surface area contributed by atoms with Crippen LogP contribution in [0.25, 0.3) is 11.1 Å². The van der Waals surface area contributed by atoms with Gasteiger partial charge in [0.15, 0.2) is 5.78 Å². The predicted molar refractivity (Wildman–Crippen MR) is 83.4 cm³/mol. The summed E-state index contributed by atoms with van der Waals surface area (Å²) in [7, 11) is 0. The van der Waals surface area contributed by atoms with Crippen molar-refractivity contribution in [3.05, 3.63) is 77.6 Å². The predicted octanol–water partition coefficient (Wildman–Crippen LogP) is 4.09. The topological polar surface area (TPSA) is 34.9 Å². The van der Waals surface area contributed by atoms with E-state index in [2.05, 4.69) is 5.10 Å². The van der Waals surface area contributed by atoms with E-state index in [-0.39, 0.29) is 12.3 Å². The summed E-state index contributed by atoms with van der Waals surface area (Å²) in [6.07, 6.45) is 3.65. The number of benzene rings is 2. The van der Waals surface area contributed by atoms with Crippen LogP contribution in [0.1, 0.15) is 10.4 Å². The second-order valence-corrected chi connectivity index (χ2v) is 5.16. The fourth-order valence-electron chi connectivity index (χ4n) is 2.10. The minimum absolute atomic E-state index is 0.00868. The van der Waals surface area contributed by atoms with Gasteiger partial charge in [-0.3, -0.25) is 9.48 Å². The van der Waals surface area contributed by atoms with E-state index in [1.54, 1.807) is 35.1 Å². The number of hydrogen-bond acceptors (Lipinski definition) is 2. The van der Waals surface area contributed by atoms with E-state index in [1.807, 2.05) is 36.5 Å². The van der Waals surface area contributed by atoms with E-state index in [1.165, 1.54) is 0 Å². The lowest BCUT2D eigenvalue weighted by atomic mass is 10.1. The summed E-state index contributed by atoms with van der Waals surface area (Å²) < 4.78 is 1.65. The lowest BCUT2D eigenvalue weighted by Gasteiger charge is -2.01. The molecule has 104 valence electrons. The van der Waals surface area contributed by atoms with Gasteiger partial charge in [0.1, 0.15) is 6.54 Å². The number of carbonyl (C=O) groups is 1. The number of halogens is 1. The SMILES string of the molecule is O=C(Cn1cc(-c2ccccc2)cn1)c1ccc(Cl)cc1. The van der Waals surface area contributed by atoms with Crippen molar-refractivity contribution in [1.82, 2.24) is 9.78 Å². The molecule has 0 radical (unpaired) electrons. The highest BCUT2D eigenvalue weighted by atomic mass is 35.5. The van der Waals surface area contributed by atoms with Crippen LogP contribution in [0.15, 0.2) is 67.0 Å². The number of aromatic nitrogens is 2. The number of hydrogen-bond donors (Lipinski definition) is 0. The van der Waals surface area contributed by atoms with Gasteiger partial charge >= 0.3 is 0 Å². The first-order valence-electron chi connectivity index (χ1n) is 6.59. The van der Waals surface area contributed by atoms with E-state index in [0.717, 1.165) is 11.1 Å². The van der Waals surface area contributed by atoms with Gasteiger partial charge in [0.25, 0.3) is 0 Å². The Hall–Kier alpha value is -2.39. The first kappa shape index (κ1) is 13.6. The quantitative estimate of drug-likeness (QED) is 0.680. The van der Waals surface area contributed by atoms with Crippen molar-refractivity contribution < 1.29 is 4.79 Å². The van der Waals surface area contributed by atoms with Crippen LogP contribution >= 0.6 is 11.6 Å². The van der Waals surface area contributed by atoms with Crippen LogP contribution in [0.2, 0.25) is 5.02 Å². The van der Waals surface area contributed by atoms with E-state index in [0.29, 0.717) is 10.6 Å². The van der Waals surface area contributed by atoms with Gasteiger partial charge in [-0.05, 0) is 29.8 Å². The molecule has 3 aromatic rings. The Morgan fingerprint density at radius 3 is 2.43 bits per heavy atom. The first-order valence-corrected chi connectivity index (χ1v) is 6.97. The number of rotatable bonds is 4. The van der Waals surface area contributed by atoms with Crippen LogP contribution in [0.5, 0.6) is 0 Å². The zero-order valence-corrected chi connectivity index (χ0v) is 12.0. The summed E-state index contributed by atoms with van der Waals surface area (Å²) in [5, 5.41) is 4.87. The molecular formula is C17H13ClN2O. The lowest BCUT2D eigenvalue weighted by molar-refractivity contribution is 0.0968. The lowest BCUT2D eigenvalue weighted by Crippen LogP contribution is -2.10. The summed E-state index contributed by atoms with van der Waals surface area (Å²) >= 11 is 5.82. The minimum atomic E-state index is 0.00868. The van der Waals surface area contributed by atoms with Crippen LogP contribution in [0.3, 0.4) is 0 Å². The molecule has 21 heavy (non-hydrogen) atoms. The van der Waals surface area contributed by atoms with Crippen molar-refractivity contribution >= 4 is 17.4 Å².